The number of Topliss-reactive ketones (excluding diaryl/α,β-unsaturated/α-hetero) is 1. The van der Waals surface area contributed by atoms with Gasteiger partial charge in [0.2, 0.25) is 5.95 Å². The van der Waals surface area contributed by atoms with Gasteiger partial charge in [0, 0.05) is 62.4 Å². The lowest BCUT2D eigenvalue weighted by molar-refractivity contribution is -0.120. The van der Waals surface area contributed by atoms with E-state index < -0.39 is 6.17 Å². The Kier molecular flexibility index (Phi) is 8.57. The zero-order valence-electron chi connectivity index (χ0n) is 22.9. The van der Waals surface area contributed by atoms with Crippen LogP contribution in [-0.4, -0.2) is 93.5 Å². The highest BCUT2D eigenvalue weighted by molar-refractivity contribution is 5.82. The Labute approximate surface area is 233 Å². The zero-order valence-corrected chi connectivity index (χ0v) is 22.9. The Bertz CT molecular complexity index is 1370. The summed E-state index contributed by atoms with van der Waals surface area (Å²) >= 11 is 0. The fourth-order valence-electron chi connectivity index (χ4n) is 5.10. The largest absolute Gasteiger partial charge is 0.352 e. The Balaban J connectivity index is 1.18. The van der Waals surface area contributed by atoms with E-state index in [2.05, 4.69) is 55.0 Å². The van der Waals surface area contributed by atoms with Gasteiger partial charge in [-0.25, -0.2) is 19.3 Å². The topological polar surface area (TPSA) is 114 Å². The van der Waals surface area contributed by atoms with Gasteiger partial charge in [-0.15, -0.1) is 0 Å². The van der Waals surface area contributed by atoms with Crippen LogP contribution in [0.3, 0.4) is 0 Å². The van der Waals surface area contributed by atoms with Crippen molar-refractivity contribution in [1.29, 1.82) is 5.26 Å². The molecule has 0 saturated carbocycles. The van der Waals surface area contributed by atoms with Crippen LogP contribution in [0.25, 0.3) is 11.3 Å². The highest BCUT2D eigenvalue weighted by atomic mass is 19.1. The maximum absolute atomic E-state index is 13.7. The van der Waals surface area contributed by atoms with Gasteiger partial charge in [-0.3, -0.25) is 19.6 Å². The average molecular weight is 544 g/mol. The highest BCUT2D eigenvalue weighted by Gasteiger charge is 2.25. The lowest BCUT2D eigenvalue weighted by Gasteiger charge is -2.36. The number of hydrogen-bond acceptors (Lipinski definition) is 10. The van der Waals surface area contributed by atoms with Gasteiger partial charge in [-0.05, 0) is 44.5 Å². The molecule has 2 aliphatic rings. The van der Waals surface area contributed by atoms with Gasteiger partial charge in [0.25, 0.3) is 0 Å². The predicted octanol–water partition coefficient (Wildman–Crippen LogP) is 3.23. The van der Waals surface area contributed by atoms with E-state index in [9.17, 15) is 14.4 Å². The molecular formula is C29H34FN9O. The van der Waals surface area contributed by atoms with Gasteiger partial charge in [-0.2, -0.15) is 5.26 Å². The molecule has 3 aromatic rings. The summed E-state index contributed by atoms with van der Waals surface area (Å²) in [5.41, 5.74) is 3.06. The summed E-state index contributed by atoms with van der Waals surface area (Å²) in [6, 6.07) is 9.86. The van der Waals surface area contributed by atoms with E-state index >= 15 is 0 Å². The lowest BCUT2D eigenvalue weighted by atomic mass is 10.1. The maximum Gasteiger partial charge on any atom is 0.227 e. The van der Waals surface area contributed by atoms with Crippen LogP contribution < -0.4 is 10.2 Å². The van der Waals surface area contributed by atoms with Gasteiger partial charge in [-0.1, -0.05) is 0 Å². The lowest BCUT2D eigenvalue weighted by Crippen LogP contribution is -2.50. The molecule has 11 heteroatoms. The van der Waals surface area contributed by atoms with Crippen LogP contribution in [0.15, 0.2) is 42.9 Å². The summed E-state index contributed by atoms with van der Waals surface area (Å²) in [5, 5.41) is 12.8. The average Bonchev–Trinajstić information content (AvgIpc) is 3.40. The second kappa shape index (κ2) is 12.4. The van der Waals surface area contributed by atoms with E-state index in [1.165, 1.54) is 0 Å². The summed E-state index contributed by atoms with van der Waals surface area (Å²) in [7, 11) is 0. The van der Waals surface area contributed by atoms with E-state index in [4.69, 9.17) is 0 Å². The molecule has 3 aromatic heterocycles. The molecule has 2 aliphatic heterocycles. The number of carbonyl (C=O) groups is 1. The van der Waals surface area contributed by atoms with E-state index in [1.807, 2.05) is 12.1 Å². The van der Waals surface area contributed by atoms with Crippen molar-refractivity contribution in [2.24, 2.45) is 0 Å². The minimum Gasteiger partial charge on any atom is -0.352 e. The Morgan fingerprint density at radius 3 is 2.62 bits per heavy atom. The number of pyridine rings is 2. The van der Waals surface area contributed by atoms with Gasteiger partial charge in [0.05, 0.1) is 42.7 Å². The molecule has 5 heterocycles. The number of halogens is 1. The number of hydrogen-bond donors (Lipinski definition) is 1. The second-order valence-corrected chi connectivity index (χ2v) is 10.6. The van der Waals surface area contributed by atoms with Gasteiger partial charge in [0.1, 0.15) is 18.1 Å². The minimum absolute atomic E-state index is 0.160. The van der Waals surface area contributed by atoms with Crippen molar-refractivity contribution < 1.29 is 9.18 Å². The smallest absolute Gasteiger partial charge is 0.227 e. The molecule has 0 radical (unpaired) electrons. The number of nitriles is 1. The highest BCUT2D eigenvalue weighted by Crippen LogP contribution is 2.27. The number of anilines is 3. The molecule has 0 amide bonds. The predicted molar refractivity (Wildman–Crippen MR) is 151 cm³/mol. The maximum atomic E-state index is 13.7. The van der Waals surface area contributed by atoms with E-state index in [-0.39, 0.29) is 12.3 Å². The van der Waals surface area contributed by atoms with Gasteiger partial charge >= 0.3 is 0 Å². The SMILES string of the molecule is CC(C)N1CCN(CC(=O)Cc2ccc(Nc3nccc(-c4cnc(N5CC[C@H](F)C5)c(C#N)c4)n3)cn2)CC1. The van der Waals surface area contributed by atoms with Crippen LogP contribution in [0.5, 0.6) is 0 Å². The third-order valence-corrected chi connectivity index (χ3v) is 7.37. The first-order valence-corrected chi connectivity index (χ1v) is 13.7. The fraction of sp³-hybridized carbons (Fsp3) is 0.448. The molecular weight excluding hydrogens is 509 g/mol. The van der Waals surface area contributed by atoms with Crippen molar-refractivity contribution in [2.75, 3.05) is 56.0 Å². The van der Waals surface area contributed by atoms with Crippen LogP contribution in [-0.2, 0) is 11.2 Å². The molecule has 208 valence electrons. The number of aromatic nitrogens is 4. The molecule has 1 atom stereocenters. The monoisotopic (exact) mass is 543 g/mol. The molecule has 40 heavy (non-hydrogen) atoms. The van der Waals surface area contributed by atoms with Crippen molar-refractivity contribution in [1.82, 2.24) is 29.7 Å². The number of alkyl halides is 1. The van der Waals surface area contributed by atoms with E-state index in [0.29, 0.717) is 66.2 Å². The van der Waals surface area contributed by atoms with Crippen LogP contribution in [0.2, 0.25) is 0 Å². The number of carbonyl (C=O) groups excluding carboxylic acids is 1. The molecule has 1 N–H and O–H groups in total. The fourth-order valence-corrected chi connectivity index (χ4v) is 5.10. The first kappa shape index (κ1) is 27.6. The van der Waals surface area contributed by atoms with E-state index in [0.717, 1.165) is 31.9 Å². The number of rotatable bonds is 9. The zero-order chi connectivity index (χ0) is 28.1. The summed E-state index contributed by atoms with van der Waals surface area (Å²) in [5.74, 6) is 1.02. The Morgan fingerprint density at radius 2 is 1.95 bits per heavy atom. The third-order valence-electron chi connectivity index (χ3n) is 7.37. The number of ketones is 1. The third kappa shape index (κ3) is 6.76. The van der Waals surface area contributed by atoms with Gasteiger partial charge < -0.3 is 10.2 Å². The van der Waals surface area contributed by atoms with Crippen LogP contribution in [0.4, 0.5) is 21.8 Å². The van der Waals surface area contributed by atoms with Crippen LogP contribution in [0, 0.1) is 11.3 Å². The molecule has 0 spiro atoms. The first-order valence-electron chi connectivity index (χ1n) is 13.7. The van der Waals surface area contributed by atoms with E-state index in [1.54, 1.807) is 35.6 Å². The van der Waals surface area contributed by atoms with Crippen molar-refractivity contribution in [3.8, 4) is 17.3 Å². The quantitative estimate of drug-likeness (QED) is 0.431. The normalized spacial score (nSPS) is 18.2. The van der Waals surface area contributed by atoms with Crippen molar-refractivity contribution >= 4 is 23.2 Å². The number of piperazine rings is 1. The van der Waals surface area contributed by atoms with Gasteiger partial charge in [0.15, 0.2) is 5.78 Å². The summed E-state index contributed by atoms with van der Waals surface area (Å²) in [6.07, 6.45) is 4.77. The molecule has 0 aliphatic carbocycles. The molecule has 10 nitrogen and oxygen atoms in total. The second-order valence-electron chi connectivity index (χ2n) is 10.6. The Morgan fingerprint density at radius 1 is 1.12 bits per heavy atom. The minimum atomic E-state index is -0.900. The molecule has 2 saturated heterocycles. The molecule has 0 bridgehead atoms. The summed E-state index contributed by atoms with van der Waals surface area (Å²) in [4.78, 5) is 36.8. The molecule has 0 aromatic carbocycles. The van der Waals surface area contributed by atoms with Crippen molar-refractivity contribution in [3.63, 3.8) is 0 Å². The Hall–Kier alpha value is -4.01. The number of nitrogens with zero attached hydrogens (tertiary/aromatic N) is 8. The van der Waals surface area contributed by atoms with Crippen LogP contribution >= 0.6 is 0 Å². The number of nitrogens with one attached hydrogen (secondary N) is 1. The molecule has 0 unspecified atom stereocenters. The standard InChI is InChI=1S/C29H34FN9O/c1-20(2)38-11-9-37(10-12-38)19-26(40)14-24-3-4-25(17-33-24)35-29-32-7-5-27(36-29)22-13-21(15-31)28(34-16-22)39-8-6-23(30)18-39/h3-5,7,13,16-17,20,23H,6,8-12,14,18-19H2,1-2H3,(H,32,35,36)/t23-/m0/s1. The van der Waals surface area contributed by atoms with Crippen molar-refractivity contribution in [2.45, 2.75) is 38.9 Å². The molecule has 5 rings (SSSR count). The molecule has 2 fully saturated rings. The van der Waals surface area contributed by atoms with Crippen LogP contribution in [0.1, 0.15) is 31.5 Å². The van der Waals surface area contributed by atoms with Crippen molar-refractivity contribution in [3.05, 3.63) is 54.1 Å². The first-order chi connectivity index (χ1) is 19.4. The summed E-state index contributed by atoms with van der Waals surface area (Å²) < 4.78 is 13.7. The summed E-state index contributed by atoms with van der Waals surface area (Å²) in [6.45, 7) is 9.46.